The predicted molar refractivity (Wildman–Crippen MR) is 69.7 cm³/mol. The van der Waals surface area contributed by atoms with Crippen molar-refractivity contribution in [2.75, 3.05) is 0 Å². The van der Waals surface area contributed by atoms with Crippen LogP contribution in [0.15, 0.2) is 18.6 Å². The summed E-state index contributed by atoms with van der Waals surface area (Å²) in [5.74, 6) is 0.0754. The van der Waals surface area contributed by atoms with Gasteiger partial charge in [0.2, 0.25) is 0 Å². The molecule has 1 N–H and O–H groups in total. The van der Waals surface area contributed by atoms with Crippen molar-refractivity contribution in [2.24, 2.45) is 0 Å². The lowest BCUT2D eigenvalue weighted by molar-refractivity contribution is 0.0559. The minimum Gasteiger partial charge on any atom is -0.341 e. The van der Waals surface area contributed by atoms with Gasteiger partial charge in [0.15, 0.2) is 5.82 Å². The smallest absolute Gasteiger partial charge is 0.333 e. The zero-order valence-corrected chi connectivity index (χ0v) is 11.7. The molecule has 0 aliphatic carbocycles. The Morgan fingerprint density at radius 1 is 1.48 bits per heavy atom. The monoisotopic (exact) mass is 298 g/mol. The molecule has 0 radical (unpaired) electrons. The van der Waals surface area contributed by atoms with Gasteiger partial charge in [-0.2, -0.15) is 13.9 Å². The van der Waals surface area contributed by atoms with Crippen LogP contribution in [-0.2, 0) is 6.54 Å². The minimum absolute atomic E-state index is 0.0660. The Kier molecular flexibility index (Phi) is 4.61. The molecule has 0 aliphatic rings. The van der Waals surface area contributed by atoms with Crippen molar-refractivity contribution in [2.45, 2.75) is 39.4 Å². The number of carbonyl (C=O) groups excluding carboxylic acids is 1. The Morgan fingerprint density at radius 3 is 2.86 bits per heavy atom. The van der Waals surface area contributed by atoms with Gasteiger partial charge < -0.3 is 9.88 Å². The predicted octanol–water partition coefficient (Wildman–Crippen LogP) is 1.77. The molecule has 7 nitrogen and oxygen atoms in total. The number of halogens is 2. The number of hydrogen-bond acceptors (Lipinski definition) is 4. The Morgan fingerprint density at radius 2 is 2.24 bits per heavy atom. The average Bonchev–Trinajstić information content (AvgIpc) is 3.07. The summed E-state index contributed by atoms with van der Waals surface area (Å²) >= 11 is 0. The molecule has 114 valence electrons. The zero-order valence-electron chi connectivity index (χ0n) is 11.7. The van der Waals surface area contributed by atoms with Gasteiger partial charge in [0, 0.05) is 12.7 Å². The number of nitrogens with zero attached hydrogens (tertiary/aromatic N) is 5. The molecule has 0 fully saturated rings. The van der Waals surface area contributed by atoms with Crippen molar-refractivity contribution in [3.8, 4) is 0 Å². The third-order valence-corrected chi connectivity index (χ3v) is 2.89. The van der Waals surface area contributed by atoms with Gasteiger partial charge in [-0.3, -0.25) is 4.79 Å². The van der Waals surface area contributed by atoms with E-state index in [2.05, 4.69) is 20.6 Å². The molecular formula is C12H16F2N6O. The summed E-state index contributed by atoms with van der Waals surface area (Å²) in [5.41, 5.74) is -0.0660. The average molecular weight is 298 g/mol. The molecular weight excluding hydrogens is 282 g/mol. The Hall–Kier alpha value is -2.32. The molecule has 2 aromatic heterocycles. The second-order valence-corrected chi connectivity index (χ2v) is 4.54. The van der Waals surface area contributed by atoms with Crippen LogP contribution in [0.2, 0.25) is 0 Å². The number of nitrogens with one attached hydrogen (secondary N) is 1. The fourth-order valence-corrected chi connectivity index (χ4v) is 1.92. The number of aromatic nitrogens is 5. The van der Waals surface area contributed by atoms with Crippen LogP contribution in [0.1, 0.15) is 49.2 Å². The lowest BCUT2D eigenvalue weighted by atomic mass is 10.3. The number of rotatable bonds is 6. The van der Waals surface area contributed by atoms with Gasteiger partial charge in [-0.05, 0) is 19.4 Å². The van der Waals surface area contributed by atoms with E-state index in [0.717, 1.165) is 19.2 Å². The summed E-state index contributed by atoms with van der Waals surface area (Å²) in [5, 5.41) is 14.0. The van der Waals surface area contributed by atoms with Gasteiger partial charge in [-0.25, -0.2) is 4.68 Å². The zero-order chi connectivity index (χ0) is 15.4. The first-order chi connectivity index (χ1) is 10.0. The molecule has 0 saturated heterocycles. The van der Waals surface area contributed by atoms with Crippen molar-refractivity contribution in [1.29, 1.82) is 0 Å². The Balaban J connectivity index is 2.05. The maximum atomic E-state index is 12.4. The molecule has 2 aromatic rings. The molecule has 0 bridgehead atoms. The molecule has 2 rings (SSSR count). The van der Waals surface area contributed by atoms with E-state index < -0.39 is 18.5 Å². The fourth-order valence-electron chi connectivity index (χ4n) is 1.92. The molecule has 1 unspecified atom stereocenters. The lowest BCUT2D eigenvalue weighted by Gasteiger charge is -2.13. The van der Waals surface area contributed by atoms with Gasteiger partial charge in [0.25, 0.3) is 5.91 Å². The summed E-state index contributed by atoms with van der Waals surface area (Å²) in [6.07, 6.45) is 3.56. The lowest BCUT2D eigenvalue weighted by Crippen LogP contribution is -2.29. The third-order valence-electron chi connectivity index (χ3n) is 2.89. The van der Waals surface area contributed by atoms with Crippen LogP contribution in [0.4, 0.5) is 8.78 Å². The van der Waals surface area contributed by atoms with Crippen LogP contribution in [0, 0.1) is 0 Å². The molecule has 21 heavy (non-hydrogen) atoms. The summed E-state index contributed by atoms with van der Waals surface area (Å²) < 4.78 is 27.1. The van der Waals surface area contributed by atoms with Crippen LogP contribution < -0.4 is 5.32 Å². The normalized spacial score (nSPS) is 12.6. The molecule has 9 heteroatoms. The van der Waals surface area contributed by atoms with Crippen LogP contribution in [0.25, 0.3) is 0 Å². The number of hydrogen-bond donors (Lipinski definition) is 1. The van der Waals surface area contributed by atoms with E-state index in [0.29, 0.717) is 10.5 Å². The first-order valence-corrected chi connectivity index (χ1v) is 6.54. The van der Waals surface area contributed by atoms with Crippen molar-refractivity contribution < 1.29 is 13.6 Å². The van der Waals surface area contributed by atoms with Crippen molar-refractivity contribution >= 4 is 5.91 Å². The van der Waals surface area contributed by atoms with E-state index in [1.165, 1.54) is 6.07 Å². The highest BCUT2D eigenvalue weighted by Crippen LogP contribution is 2.12. The summed E-state index contributed by atoms with van der Waals surface area (Å²) in [7, 11) is 0. The number of amides is 1. The quantitative estimate of drug-likeness (QED) is 0.881. The molecule has 1 atom stereocenters. The topological polar surface area (TPSA) is 77.6 Å². The van der Waals surface area contributed by atoms with E-state index in [9.17, 15) is 13.6 Å². The van der Waals surface area contributed by atoms with E-state index in [-0.39, 0.29) is 5.69 Å². The largest absolute Gasteiger partial charge is 0.341 e. The highest BCUT2D eigenvalue weighted by molar-refractivity contribution is 5.92. The number of aryl methyl sites for hydroxylation is 1. The second-order valence-electron chi connectivity index (χ2n) is 4.54. The van der Waals surface area contributed by atoms with E-state index >= 15 is 0 Å². The second kappa shape index (κ2) is 6.42. The maximum absolute atomic E-state index is 12.4. The van der Waals surface area contributed by atoms with Crippen molar-refractivity contribution in [3.05, 3.63) is 30.1 Å². The molecule has 1 amide bonds. The van der Waals surface area contributed by atoms with Crippen LogP contribution in [0.5, 0.6) is 0 Å². The first-order valence-electron chi connectivity index (χ1n) is 6.54. The van der Waals surface area contributed by atoms with Crippen LogP contribution in [-0.4, -0.2) is 30.5 Å². The number of alkyl halides is 2. The van der Waals surface area contributed by atoms with Gasteiger partial charge in [-0.1, -0.05) is 6.92 Å². The highest BCUT2D eigenvalue weighted by Gasteiger charge is 2.19. The van der Waals surface area contributed by atoms with Gasteiger partial charge in [-0.15, -0.1) is 10.2 Å². The van der Waals surface area contributed by atoms with E-state index in [4.69, 9.17) is 0 Å². The molecule has 0 aliphatic heterocycles. The molecule has 0 saturated carbocycles. The SMILES string of the molecule is CCCn1cnnc1C(C)NC(=O)c1ccn(C(F)F)n1. The van der Waals surface area contributed by atoms with Crippen LogP contribution in [0.3, 0.4) is 0 Å². The third kappa shape index (κ3) is 3.41. The molecule has 0 aromatic carbocycles. The fraction of sp³-hybridized carbons (Fsp3) is 0.500. The summed E-state index contributed by atoms with van der Waals surface area (Å²) in [4.78, 5) is 12.0. The van der Waals surface area contributed by atoms with E-state index in [1.807, 2.05) is 11.5 Å². The van der Waals surface area contributed by atoms with Gasteiger partial charge >= 0.3 is 6.55 Å². The van der Waals surface area contributed by atoms with Crippen molar-refractivity contribution in [1.82, 2.24) is 29.9 Å². The highest BCUT2D eigenvalue weighted by atomic mass is 19.3. The maximum Gasteiger partial charge on any atom is 0.333 e. The van der Waals surface area contributed by atoms with Crippen molar-refractivity contribution in [3.63, 3.8) is 0 Å². The van der Waals surface area contributed by atoms with Crippen LogP contribution >= 0.6 is 0 Å². The summed E-state index contributed by atoms with van der Waals surface area (Å²) in [6.45, 7) is 1.74. The Bertz CT molecular complexity index is 608. The molecule has 2 heterocycles. The Labute approximate surface area is 120 Å². The minimum atomic E-state index is -2.77. The standard InChI is InChI=1S/C12H16F2N6O/c1-3-5-19-7-15-17-10(19)8(2)16-11(21)9-4-6-20(18-9)12(13)14/h4,6-8,12H,3,5H2,1-2H3,(H,16,21). The van der Waals surface area contributed by atoms with Gasteiger partial charge in [0.1, 0.15) is 12.0 Å². The first kappa shape index (κ1) is 15.1. The molecule has 0 spiro atoms. The van der Waals surface area contributed by atoms with E-state index in [1.54, 1.807) is 13.3 Å². The van der Waals surface area contributed by atoms with Gasteiger partial charge in [0.05, 0.1) is 6.04 Å². The summed E-state index contributed by atoms with van der Waals surface area (Å²) in [6, 6.07) is 0.841. The number of carbonyl (C=O) groups is 1.